The SMILES string of the molecule is C=CC(=O)Nc1cccc(C(=O)N(CC)CC)c1. The molecule has 1 N–H and O–H groups in total. The number of hydrogen-bond donors (Lipinski definition) is 1. The van der Waals surface area contributed by atoms with Crippen molar-refractivity contribution in [1.82, 2.24) is 4.90 Å². The third-order valence-electron chi connectivity index (χ3n) is 2.61. The average molecular weight is 246 g/mol. The van der Waals surface area contributed by atoms with Crippen LogP contribution in [0.1, 0.15) is 24.2 Å². The van der Waals surface area contributed by atoms with Gasteiger partial charge >= 0.3 is 0 Å². The Hall–Kier alpha value is -2.10. The lowest BCUT2D eigenvalue weighted by molar-refractivity contribution is -0.111. The maximum atomic E-state index is 12.1. The number of nitrogens with zero attached hydrogens (tertiary/aromatic N) is 1. The van der Waals surface area contributed by atoms with Crippen LogP contribution >= 0.6 is 0 Å². The van der Waals surface area contributed by atoms with Gasteiger partial charge in [0.25, 0.3) is 5.91 Å². The number of carbonyl (C=O) groups excluding carboxylic acids is 2. The number of benzene rings is 1. The van der Waals surface area contributed by atoms with Crippen LogP contribution in [0.15, 0.2) is 36.9 Å². The number of amides is 2. The number of rotatable bonds is 5. The molecule has 0 unspecified atom stereocenters. The molecule has 0 aromatic heterocycles. The number of anilines is 1. The van der Waals surface area contributed by atoms with Crippen LogP contribution in [0.4, 0.5) is 5.69 Å². The van der Waals surface area contributed by atoms with Gasteiger partial charge in [-0.25, -0.2) is 0 Å². The molecule has 1 aromatic rings. The van der Waals surface area contributed by atoms with Crippen molar-refractivity contribution in [3.63, 3.8) is 0 Å². The molecule has 0 aliphatic rings. The molecule has 0 spiro atoms. The highest BCUT2D eigenvalue weighted by molar-refractivity contribution is 6.00. The van der Waals surface area contributed by atoms with Gasteiger partial charge in [0.15, 0.2) is 0 Å². The highest BCUT2D eigenvalue weighted by Gasteiger charge is 2.12. The first-order valence-corrected chi connectivity index (χ1v) is 5.95. The van der Waals surface area contributed by atoms with Crippen LogP contribution < -0.4 is 5.32 Å². The Balaban J connectivity index is 2.90. The van der Waals surface area contributed by atoms with E-state index in [4.69, 9.17) is 0 Å². The van der Waals surface area contributed by atoms with E-state index in [1.54, 1.807) is 29.2 Å². The number of hydrogen-bond acceptors (Lipinski definition) is 2. The van der Waals surface area contributed by atoms with E-state index in [1.165, 1.54) is 6.08 Å². The molecule has 0 radical (unpaired) electrons. The van der Waals surface area contributed by atoms with Crippen molar-refractivity contribution in [2.75, 3.05) is 18.4 Å². The second-order valence-corrected chi connectivity index (χ2v) is 3.75. The maximum absolute atomic E-state index is 12.1. The van der Waals surface area contributed by atoms with Crippen LogP contribution in [0.25, 0.3) is 0 Å². The molecule has 4 heteroatoms. The highest BCUT2D eigenvalue weighted by atomic mass is 16.2. The predicted octanol–water partition coefficient (Wildman–Crippen LogP) is 2.29. The Morgan fingerprint density at radius 2 is 2.00 bits per heavy atom. The molecule has 1 aromatic carbocycles. The minimum atomic E-state index is -0.289. The van der Waals surface area contributed by atoms with Gasteiger partial charge < -0.3 is 10.2 Å². The summed E-state index contributed by atoms with van der Waals surface area (Å²) in [6.07, 6.45) is 1.19. The van der Waals surface area contributed by atoms with Crippen LogP contribution in [-0.4, -0.2) is 29.8 Å². The summed E-state index contributed by atoms with van der Waals surface area (Å²) in [6, 6.07) is 6.89. The van der Waals surface area contributed by atoms with Gasteiger partial charge in [0.05, 0.1) is 0 Å². The molecule has 96 valence electrons. The summed E-state index contributed by atoms with van der Waals surface area (Å²) in [6.45, 7) is 8.58. The summed E-state index contributed by atoms with van der Waals surface area (Å²) in [5.74, 6) is -0.322. The van der Waals surface area contributed by atoms with Crippen molar-refractivity contribution < 1.29 is 9.59 Å². The first kappa shape index (κ1) is 14.0. The predicted molar refractivity (Wildman–Crippen MR) is 72.5 cm³/mol. The van der Waals surface area contributed by atoms with Gasteiger partial charge in [-0.1, -0.05) is 12.6 Å². The van der Waals surface area contributed by atoms with E-state index in [2.05, 4.69) is 11.9 Å². The van der Waals surface area contributed by atoms with E-state index in [1.807, 2.05) is 13.8 Å². The van der Waals surface area contributed by atoms with Crippen molar-refractivity contribution in [3.8, 4) is 0 Å². The Morgan fingerprint density at radius 3 is 2.56 bits per heavy atom. The lowest BCUT2D eigenvalue weighted by Crippen LogP contribution is -2.30. The van der Waals surface area contributed by atoms with Crippen molar-refractivity contribution in [2.24, 2.45) is 0 Å². The summed E-state index contributed by atoms with van der Waals surface area (Å²) < 4.78 is 0. The molecule has 0 saturated carbocycles. The van der Waals surface area contributed by atoms with Crippen LogP contribution in [0.2, 0.25) is 0 Å². The second kappa shape index (κ2) is 6.59. The Kier molecular flexibility index (Phi) is 5.11. The second-order valence-electron chi connectivity index (χ2n) is 3.75. The van der Waals surface area contributed by atoms with Gasteiger partial charge in [0.2, 0.25) is 5.91 Å². The number of nitrogens with one attached hydrogen (secondary N) is 1. The summed E-state index contributed by atoms with van der Waals surface area (Å²) in [4.78, 5) is 25.0. The minimum Gasteiger partial charge on any atom is -0.339 e. The zero-order chi connectivity index (χ0) is 13.5. The molecular formula is C14H18N2O2. The fourth-order valence-corrected chi connectivity index (χ4v) is 1.62. The molecule has 1 rings (SSSR count). The van der Waals surface area contributed by atoms with Crippen LogP contribution in [0, 0.1) is 0 Å². The molecule has 0 saturated heterocycles. The zero-order valence-electron chi connectivity index (χ0n) is 10.8. The van der Waals surface area contributed by atoms with Gasteiger partial charge in [-0.2, -0.15) is 0 Å². The van der Waals surface area contributed by atoms with E-state index in [0.29, 0.717) is 24.3 Å². The van der Waals surface area contributed by atoms with Gasteiger partial charge in [-0.15, -0.1) is 0 Å². The van der Waals surface area contributed by atoms with Gasteiger partial charge in [-0.05, 0) is 38.1 Å². The normalized spacial score (nSPS) is 9.67. The van der Waals surface area contributed by atoms with E-state index >= 15 is 0 Å². The number of carbonyl (C=O) groups is 2. The molecule has 2 amide bonds. The highest BCUT2D eigenvalue weighted by Crippen LogP contribution is 2.12. The average Bonchev–Trinajstić information content (AvgIpc) is 2.40. The van der Waals surface area contributed by atoms with Crippen molar-refractivity contribution in [3.05, 3.63) is 42.5 Å². The van der Waals surface area contributed by atoms with E-state index in [-0.39, 0.29) is 11.8 Å². The zero-order valence-corrected chi connectivity index (χ0v) is 10.8. The summed E-state index contributed by atoms with van der Waals surface area (Å²) in [7, 11) is 0. The van der Waals surface area contributed by atoms with Gasteiger partial charge in [-0.3, -0.25) is 9.59 Å². The van der Waals surface area contributed by atoms with Crippen LogP contribution in [0.3, 0.4) is 0 Å². The van der Waals surface area contributed by atoms with Crippen molar-refractivity contribution in [2.45, 2.75) is 13.8 Å². The molecule has 0 bridgehead atoms. The molecule has 0 fully saturated rings. The van der Waals surface area contributed by atoms with Crippen LogP contribution in [-0.2, 0) is 4.79 Å². The van der Waals surface area contributed by atoms with Gasteiger partial charge in [0, 0.05) is 24.3 Å². The standard InChI is InChI=1S/C14H18N2O2/c1-4-13(17)15-12-9-7-8-11(10-12)14(18)16(5-2)6-3/h4,7-10H,1,5-6H2,2-3H3,(H,15,17). The van der Waals surface area contributed by atoms with Crippen molar-refractivity contribution in [1.29, 1.82) is 0 Å². The Labute approximate surface area is 107 Å². The smallest absolute Gasteiger partial charge is 0.253 e. The summed E-state index contributed by atoms with van der Waals surface area (Å²) in [5, 5.41) is 2.63. The van der Waals surface area contributed by atoms with Crippen molar-refractivity contribution >= 4 is 17.5 Å². The summed E-state index contributed by atoms with van der Waals surface area (Å²) in [5.41, 5.74) is 1.17. The molecular weight excluding hydrogens is 228 g/mol. The van der Waals surface area contributed by atoms with E-state index < -0.39 is 0 Å². The first-order valence-electron chi connectivity index (χ1n) is 5.95. The Bertz CT molecular complexity index is 451. The third-order valence-corrected chi connectivity index (χ3v) is 2.61. The van der Waals surface area contributed by atoms with E-state index in [9.17, 15) is 9.59 Å². The maximum Gasteiger partial charge on any atom is 0.253 e. The van der Waals surface area contributed by atoms with Crippen LogP contribution in [0.5, 0.6) is 0 Å². The fraction of sp³-hybridized carbons (Fsp3) is 0.286. The molecule has 0 heterocycles. The topological polar surface area (TPSA) is 49.4 Å². The van der Waals surface area contributed by atoms with E-state index in [0.717, 1.165) is 0 Å². The monoisotopic (exact) mass is 246 g/mol. The molecule has 0 aliphatic heterocycles. The quantitative estimate of drug-likeness (QED) is 0.810. The Morgan fingerprint density at radius 1 is 1.33 bits per heavy atom. The minimum absolute atomic E-state index is 0.0327. The first-order chi connectivity index (χ1) is 8.62. The molecule has 0 atom stereocenters. The van der Waals surface area contributed by atoms with Gasteiger partial charge in [0.1, 0.15) is 0 Å². The third kappa shape index (κ3) is 3.45. The summed E-state index contributed by atoms with van der Waals surface area (Å²) >= 11 is 0. The largest absolute Gasteiger partial charge is 0.339 e. The lowest BCUT2D eigenvalue weighted by Gasteiger charge is -2.18. The lowest BCUT2D eigenvalue weighted by atomic mass is 10.1. The molecule has 4 nitrogen and oxygen atoms in total. The molecule has 18 heavy (non-hydrogen) atoms. The fourth-order valence-electron chi connectivity index (χ4n) is 1.62. The molecule has 0 aliphatic carbocycles.